The molecule has 2 fully saturated rings. The van der Waals surface area contributed by atoms with Gasteiger partial charge < -0.3 is 15.1 Å². The molecule has 1 saturated carbocycles. The molecule has 2 aromatic carbocycles. The monoisotopic (exact) mass is 482 g/mol. The van der Waals surface area contributed by atoms with E-state index < -0.39 is 11.7 Å². The lowest BCUT2D eigenvalue weighted by atomic mass is 9.95. The number of rotatable bonds is 4. The van der Waals surface area contributed by atoms with E-state index in [1.165, 1.54) is 18.6 Å². The number of alkyl halides is 3. The van der Waals surface area contributed by atoms with E-state index in [4.69, 9.17) is 4.98 Å². The van der Waals surface area contributed by atoms with Crippen LogP contribution in [0.2, 0.25) is 0 Å². The average Bonchev–Trinajstić information content (AvgIpc) is 2.88. The number of nitrogens with one attached hydrogen (secondary N) is 1. The van der Waals surface area contributed by atoms with Gasteiger partial charge in [0.15, 0.2) is 0 Å². The summed E-state index contributed by atoms with van der Waals surface area (Å²) in [7, 11) is 0. The molecule has 3 aromatic rings. The van der Waals surface area contributed by atoms with Crippen LogP contribution in [0.5, 0.6) is 0 Å². The Morgan fingerprint density at radius 3 is 2.34 bits per heavy atom. The van der Waals surface area contributed by atoms with Gasteiger partial charge in [-0.1, -0.05) is 43.5 Å². The predicted octanol–water partition coefficient (Wildman–Crippen LogP) is 5.64. The number of hydrogen-bond acceptors (Lipinski definition) is 4. The van der Waals surface area contributed by atoms with Gasteiger partial charge in [0.25, 0.3) is 5.91 Å². The van der Waals surface area contributed by atoms with Crippen molar-refractivity contribution < 1.29 is 18.0 Å². The second kappa shape index (κ2) is 9.76. The zero-order chi connectivity index (χ0) is 24.4. The maximum atomic E-state index is 13.3. The van der Waals surface area contributed by atoms with Crippen LogP contribution >= 0.6 is 0 Å². The number of aromatic nitrogens is 1. The fourth-order valence-electron chi connectivity index (χ4n) is 5.09. The minimum atomic E-state index is -4.36. The van der Waals surface area contributed by atoms with Crippen LogP contribution in [0.1, 0.15) is 48.0 Å². The Morgan fingerprint density at radius 1 is 0.886 bits per heavy atom. The van der Waals surface area contributed by atoms with Gasteiger partial charge in [0.2, 0.25) is 0 Å². The molecule has 2 aliphatic rings. The van der Waals surface area contributed by atoms with Crippen molar-refractivity contribution in [1.29, 1.82) is 0 Å². The number of pyridine rings is 1. The molecule has 184 valence electrons. The third-order valence-electron chi connectivity index (χ3n) is 7.03. The first-order chi connectivity index (χ1) is 16.9. The van der Waals surface area contributed by atoms with Crippen molar-refractivity contribution in [3.8, 4) is 0 Å². The van der Waals surface area contributed by atoms with Crippen LogP contribution < -0.4 is 15.1 Å². The number of piperazine rings is 1. The highest BCUT2D eigenvalue weighted by molar-refractivity contribution is 6.07. The van der Waals surface area contributed by atoms with Gasteiger partial charge in [0, 0.05) is 43.3 Å². The fraction of sp³-hybridized carbons (Fsp3) is 0.407. The maximum absolute atomic E-state index is 13.3. The van der Waals surface area contributed by atoms with Gasteiger partial charge in [-0.05, 0) is 43.2 Å². The average molecular weight is 483 g/mol. The van der Waals surface area contributed by atoms with Crippen molar-refractivity contribution in [3.05, 3.63) is 65.7 Å². The highest BCUT2D eigenvalue weighted by atomic mass is 19.4. The number of benzene rings is 2. The second-order valence-electron chi connectivity index (χ2n) is 9.38. The highest BCUT2D eigenvalue weighted by Crippen LogP contribution is 2.32. The Bertz CT molecular complexity index is 1200. The number of nitrogens with zero attached hydrogens (tertiary/aromatic N) is 3. The molecule has 1 saturated heterocycles. The SMILES string of the molecule is O=C(NC1CCCCC1)c1cc(N2CCN(c3cccc(C(F)(F)F)c3)CC2)nc2ccccc12. The van der Waals surface area contributed by atoms with Crippen molar-refractivity contribution in [2.75, 3.05) is 36.0 Å². The molecule has 5 rings (SSSR count). The standard InChI is InChI=1S/C27H29F3N4O/c28-27(29,30)19-7-6-10-21(17-19)33-13-15-34(16-14-33)25-18-23(22-11-4-5-12-24(22)32-25)26(35)31-20-8-2-1-3-9-20/h4-7,10-12,17-18,20H,1-3,8-9,13-16H2,(H,31,35). The molecule has 1 aliphatic heterocycles. The summed E-state index contributed by atoms with van der Waals surface area (Å²) in [6, 6.07) is 15.2. The van der Waals surface area contributed by atoms with Crippen molar-refractivity contribution in [3.63, 3.8) is 0 Å². The summed E-state index contributed by atoms with van der Waals surface area (Å²) in [5, 5.41) is 4.04. The Labute approximate surface area is 202 Å². The summed E-state index contributed by atoms with van der Waals surface area (Å²) in [6.07, 6.45) is 1.17. The fourth-order valence-corrected chi connectivity index (χ4v) is 5.09. The minimum absolute atomic E-state index is 0.0700. The van der Waals surface area contributed by atoms with Crippen LogP contribution in [-0.4, -0.2) is 43.1 Å². The minimum Gasteiger partial charge on any atom is -0.368 e. The molecule has 8 heteroatoms. The van der Waals surface area contributed by atoms with Crippen molar-refractivity contribution in [2.45, 2.75) is 44.3 Å². The molecule has 1 aliphatic carbocycles. The molecule has 1 amide bonds. The Morgan fingerprint density at radius 2 is 1.60 bits per heavy atom. The van der Waals surface area contributed by atoms with Gasteiger partial charge in [-0.3, -0.25) is 4.79 Å². The number of carbonyl (C=O) groups excluding carboxylic acids is 1. The van der Waals surface area contributed by atoms with E-state index in [-0.39, 0.29) is 11.9 Å². The Kier molecular flexibility index (Phi) is 6.54. The number of hydrogen-bond donors (Lipinski definition) is 1. The number of fused-ring (bicyclic) bond motifs is 1. The van der Waals surface area contributed by atoms with Crippen LogP contribution in [0, 0.1) is 0 Å². The molecular weight excluding hydrogens is 453 g/mol. The van der Waals surface area contributed by atoms with E-state index >= 15 is 0 Å². The summed E-state index contributed by atoms with van der Waals surface area (Å²) in [4.78, 5) is 22.1. The summed E-state index contributed by atoms with van der Waals surface area (Å²) in [6.45, 7) is 2.34. The van der Waals surface area contributed by atoms with Crippen LogP contribution in [0.4, 0.5) is 24.7 Å². The van der Waals surface area contributed by atoms with E-state index in [1.807, 2.05) is 35.2 Å². The van der Waals surface area contributed by atoms with Gasteiger partial charge in [0.1, 0.15) is 5.82 Å². The van der Waals surface area contributed by atoms with Gasteiger partial charge in [-0.2, -0.15) is 13.2 Å². The molecule has 0 unspecified atom stereocenters. The summed E-state index contributed by atoms with van der Waals surface area (Å²) >= 11 is 0. The molecule has 0 bridgehead atoms. The van der Waals surface area contributed by atoms with Gasteiger partial charge >= 0.3 is 6.18 Å². The number of amides is 1. The van der Waals surface area contributed by atoms with E-state index in [0.29, 0.717) is 37.4 Å². The normalized spacial score (nSPS) is 17.6. The second-order valence-corrected chi connectivity index (χ2v) is 9.38. The number of anilines is 2. The molecule has 0 atom stereocenters. The quantitative estimate of drug-likeness (QED) is 0.523. The van der Waals surface area contributed by atoms with Crippen LogP contribution in [-0.2, 0) is 6.18 Å². The summed E-state index contributed by atoms with van der Waals surface area (Å²) < 4.78 is 39.4. The van der Waals surface area contributed by atoms with Crippen molar-refractivity contribution >= 4 is 28.3 Å². The third kappa shape index (κ3) is 5.21. The first-order valence-corrected chi connectivity index (χ1v) is 12.3. The van der Waals surface area contributed by atoms with Crippen molar-refractivity contribution in [1.82, 2.24) is 10.3 Å². The highest BCUT2D eigenvalue weighted by Gasteiger charge is 2.31. The number of para-hydroxylation sites is 1. The molecule has 0 spiro atoms. The first-order valence-electron chi connectivity index (χ1n) is 12.3. The van der Waals surface area contributed by atoms with Crippen molar-refractivity contribution in [2.24, 2.45) is 0 Å². The first kappa shape index (κ1) is 23.5. The summed E-state index contributed by atoms with van der Waals surface area (Å²) in [5.74, 6) is 0.653. The number of halogens is 3. The lowest BCUT2D eigenvalue weighted by molar-refractivity contribution is -0.137. The van der Waals surface area contributed by atoms with E-state index in [0.717, 1.165) is 48.5 Å². The summed E-state index contributed by atoms with van der Waals surface area (Å²) in [5.41, 5.74) is 1.32. The molecule has 2 heterocycles. The lowest BCUT2D eigenvalue weighted by Gasteiger charge is -2.37. The molecule has 5 nitrogen and oxygen atoms in total. The van der Waals surface area contributed by atoms with E-state index in [1.54, 1.807) is 6.07 Å². The van der Waals surface area contributed by atoms with Crippen LogP contribution in [0.25, 0.3) is 10.9 Å². The smallest absolute Gasteiger partial charge is 0.368 e. The molecule has 0 radical (unpaired) electrons. The van der Waals surface area contributed by atoms with Gasteiger partial charge in [-0.25, -0.2) is 4.98 Å². The molecule has 1 N–H and O–H groups in total. The molecule has 1 aromatic heterocycles. The number of carbonyl (C=O) groups is 1. The topological polar surface area (TPSA) is 48.5 Å². The lowest BCUT2D eigenvalue weighted by Crippen LogP contribution is -2.47. The Hall–Kier alpha value is -3.29. The molecule has 35 heavy (non-hydrogen) atoms. The van der Waals surface area contributed by atoms with Crippen LogP contribution in [0.3, 0.4) is 0 Å². The predicted molar refractivity (Wildman–Crippen MR) is 132 cm³/mol. The van der Waals surface area contributed by atoms with Crippen LogP contribution in [0.15, 0.2) is 54.6 Å². The zero-order valence-electron chi connectivity index (χ0n) is 19.5. The van der Waals surface area contributed by atoms with Gasteiger partial charge in [-0.15, -0.1) is 0 Å². The molecular formula is C27H29F3N4O. The van der Waals surface area contributed by atoms with E-state index in [9.17, 15) is 18.0 Å². The largest absolute Gasteiger partial charge is 0.416 e. The Balaban J connectivity index is 1.35. The third-order valence-corrected chi connectivity index (χ3v) is 7.03. The maximum Gasteiger partial charge on any atom is 0.416 e. The van der Waals surface area contributed by atoms with Gasteiger partial charge in [0.05, 0.1) is 16.6 Å². The zero-order valence-corrected chi connectivity index (χ0v) is 19.5. The van der Waals surface area contributed by atoms with E-state index in [2.05, 4.69) is 10.2 Å².